The number of ether oxygens (including phenoxy) is 1. The molecule has 5 nitrogen and oxygen atoms in total. The van der Waals surface area contributed by atoms with Crippen molar-refractivity contribution in [3.63, 3.8) is 0 Å². The molecule has 1 atom stereocenters. The van der Waals surface area contributed by atoms with Gasteiger partial charge in [-0.25, -0.2) is 4.39 Å². The highest BCUT2D eigenvalue weighted by Gasteiger charge is 2.36. The van der Waals surface area contributed by atoms with Crippen LogP contribution in [0.25, 0.3) is 0 Å². The number of rotatable bonds is 7. The highest BCUT2D eigenvalue weighted by molar-refractivity contribution is 7.54. The fraction of sp³-hybridized carbons (Fsp3) is 0.500. The summed E-state index contributed by atoms with van der Waals surface area (Å²) in [6.07, 6.45) is 0. The number of benzene rings is 1. The lowest BCUT2D eigenvalue weighted by molar-refractivity contribution is 0.211. The van der Waals surface area contributed by atoms with Gasteiger partial charge in [0.15, 0.2) is 11.6 Å². The van der Waals surface area contributed by atoms with E-state index in [1.165, 1.54) is 19.2 Å². The van der Waals surface area contributed by atoms with Gasteiger partial charge in [-0.15, -0.1) is 0 Å². The second kappa shape index (κ2) is 7.01. The Kier molecular flexibility index (Phi) is 5.94. The number of nitrogens with two attached hydrogens (primary N) is 1. The largest absolute Gasteiger partial charge is 0.494 e. The molecule has 1 rings (SSSR count). The quantitative estimate of drug-likeness (QED) is 0.782. The van der Waals surface area contributed by atoms with E-state index < -0.39 is 19.2 Å². The lowest BCUT2D eigenvalue weighted by Gasteiger charge is -2.24. The van der Waals surface area contributed by atoms with E-state index in [9.17, 15) is 8.96 Å². The van der Waals surface area contributed by atoms with E-state index in [0.717, 1.165) is 0 Å². The normalized spacial score (nSPS) is 13.3. The van der Waals surface area contributed by atoms with Gasteiger partial charge in [0.2, 0.25) is 0 Å². The molecule has 7 heteroatoms. The van der Waals surface area contributed by atoms with Crippen LogP contribution in [0.3, 0.4) is 0 Å². The molecule has 108 valence electrons. The van der Waals surface area contributed by atoms with Crippen LogP contribution in [-0.4, -0.2) is 20.3 Å². The summed E-state index contributed by atoms with van der Waals surface area (Å²) in [4.78, 5) is 0. The van der Waals surface area contributed by atoms with Crippen molar-refractivity contribution < 1.29 is 22.7 Å². The predicted octanol–water partition coefficient (Wildman–Crippen LogP) is 3.06. The summed E-state index contributed by atoms with van der Waals surface area (Å²) < 4.78 is 41.7. The topological polar surface area (TPSA) is 70.8 Å². The molecule has 0 aromatic heterocycles. The monoisotopic (exact) mass is 291 g/mol. The number of hydrogen-bond acceptors (Lipinski definition) is 5. The third kappa shape index (κ3) is 3.54. The first-order valence-corrected chi connectivity index (χ1v) is 7.58. The van der Waals surface area contributed by atoms with Gasteiger partial charge < -0.3 is 19.5 Å². The Bertz CT molecular complexity index is 459. The van der Waals surface area contributed by atoms with Crippen molar-refractivity contribution in [2.75, 3.05) is 20.3 Å². The molecule has 0 aliphatic rings. The van der Waals surface area contributed by atoms with Crippen LogP contribution in [0, 0.1) is 5.82 Å². The van der Waals surface area contributed by atoms with Crippen LogP contribution in [0.1, 0.15) is 25.2 Å². The highest BCUT2D eigenvalue weighted by atomic mass is 31.2. The molecule has 0 bridgehead atoms. The van der Waals surface area contributed by atoms with Crippen LogP contribution in [-0.2, 0) is 13.6 Å². The molecule has 19 heavy (non-hydrogen) atoms. The summed E-state index contributed by atoms with van der Waals surface area (Å²) in [6.45, 7) is 3.66. The molecule has 0 fully saturated rings. The first-order valence-electron chi connectivity index (χ1n) is 5.96. The summed E-state index contributed by atoms with van der Waals surface area (Å²) in [7, 11) is -2.26. The molecule has 0 spiro atoms. The van der Waals surface area contributed by atoms with Crippen molar-refractivity contribution in [1.29, 1.82) is 0 Å². The van der Waals surface area contributed by atoms with Crippen molar-refractivity contribution in [1.82, 2.24) is 0 Å². The third-order valence-electron chi connectivity index (χ3n) is 2.49. The van der Waals surface area contributed by atoms with Gasteiger partial charge in [0.05, 0.1) is 20.3 Å². The Labute approximate surface area is 112 Å². The van der Waals surface area contributed by atoms with Crippen LogP contribution < -0.4 is 10.5 Å². The van der Waals surface area contributed by atoms with Gasteiger partial charge in [-0.05, 0) is 19.9 Å². The van der Waals surface area contributed by atoms with Crippen LogP contribution in [0.5, 0.6) is 5.75 Å². The first-order chi connectivity index (χ1) is 9.00. The first kappa shape index (κ1) is 16.1. The maximum atomic E-state index is 14.1. The standard InChI is InChI=1S/C12H19FNO4P/c1-4-17-19(15,18-5-2)12(14)9-7-6-8-10(16-3)11(9)13/h6-8,12H,4-5,14H2,1-3H3/t12-/m0/s1. The molecule has 1 aromatic carbocycles. The molecule has 0 saturated carbocycles. The van der Waals surface area contributed by atoms with Crippen LogP contribution in [0.2, 0.25) is 0 Å². The zero-order chi connectivity index (χ0) is 14.5. The molecule has 0 aliphatic heterocycles. The van der Waals surface area contributed by atoms with Gasteiger partial charge in [-0.2, -0.15) is 0 Å². The molecule has 2 N–H and O–H groups in total. The van der Waals surface area contributed by atoms with E-state index >= 15 is 0 Å². The number of methoxy groups -OCH3 is 1. The maximum Gasteiger partial charge on any atom is 0.351 e. The molecule has 0 heterocycles. The lowest BCUT2D eigenvalue weighted by atomic mass is 10.2. The smallest absolute Gasteiger partial charge is 0.351 e. The van der Waals surface area contributed by atoms with Crippen LogP contribution in [0.4, 0.5) is 4.39 Å². The minimum atomic E-state index is -3.61. The van der Waals surface area contributed by atoms with Crippen molar-refractivity contribution >= 4 is 7.60 Å². The molecule has 0 amide bonds. The minimum Gasteiger partial charge on any atom is -0.494 e. The Morgan fingerprint density at radius 2 is 1.89 bits per heavy atom. The number of halogens is 1. The average Bonchev–Trinajstić information content (AvgIpc) is 2.39. The van der Waals surface area contributed by atoms with E-state index in [0.29, 0.717) is 0 Å². The van der Waals surface area contributed by atoms with Gasteiger partial charge in [-0.3, -0.25) is 4.57 Å². The van der Waals surface area contributed by atoms with Gasteiger partial charge in [0.1, 0.15) is 5.78 Å². The highest BCUT2D eigenvalue weighted by Crippen LogP contribution is 2.58. The average molecular weight is 291 g/mol. The minimum absolute atomic E-state index is 0.0347. The van der Waals surface area contributed by atoms with Crippen LogP contribution >= 0.6 is 7.60 Å². The van der Waals surface area contributed by atoms with E-state index in [-0.39, 0.29) is 24.5 Å². The van der Waals surface area contributed by atoms with E-state index in [1.54, 1.807) is 19.9 Å². The summed E-state index contributed by atoms with van der Waals surface area (Å²) >= 11 is 0. The Balaban J connectivity index is 3.16. The van der Waals surface area contributed by atoms with Crippen molar-refractivity contribution in [3.8, 4) is 5.75 Å². The zero-order valence-corrected chi connectivity index (χ0v) is 12.2. The lowest BCUT2D eigenvalue weighted by Crippen LogP contribution is -2.16. The zero-order valence-electron chi connectivity index (χ0n) is 11.3. The van der Waals surface area contributed by atoms with E-state index in [4.69, 9.17) is 19.5 Å². The Morgan fingerprint density at radius 3 is 2.37 bits per heavy atom. The molecular weight excluding hydrogens is 272 g/mol. The summed E-state index contributed by atoms with van der Waals surface area (Å²) in [5.41, 5.74) is 5.91. The molecular formula is C12H19FNO4P. The fourth-order valence-electron chi connectivity index (χ4n) is 1.64. The van der Waals surface area contributed by atoms with E-state index in [2.05, 4.69) is 0 Å². The van der Waals surface area contributed by atoms with Crippen molar-refractivity contribution in [2.24, 2.45) is 5.73 Å². The van der Waals surface area contributed by atoms with Gasteiger partial charge in [0, 0.05) is 5.56 Å². The summed E-state index contributed by atoms with van der Waals surface area (Å²) in [6, 6.07) is 4.46. The second-order valence-corrected chi connectivity index (χ2v) is 5.84. The van der Waals surface area contributed by atoms with E-state index in [1.807, 2.05) is 0 Å². The maximum absolute atomic E-state index is 14.1. The van der Waals surface area contributed by atoms with Gasteiger partial charge in [0.25, 0.3) is 0 Å². The molecule has 0 unspecified atom stereocenters. The molecule has 0 aliphatic carbocycles. The fourth-order valence-corrected chi connectivity index (χ4v) is 3.30. The third-order valence-corrected chi connectivity index (χ3v) is 4.69. The van der Waals surface area contributed by atoms with Crippen molar-refractivity contribution in [3.05, 3.63) is 29.6 Å². The van der Waals surface area contributed by atoms with Crippen molar-refractivity contribution in [2.45, 2.75) is 19.6 Å². The van der Waals surface area contributed by atoms with Gasteiger partial charge in [-0.1, -0.05) is 12.1 Å². The predicted molar refractivity (Wildman–Crippen MR) is 70.7 cm³/mol. The Morgan fingerprint density at radius 1 is 1.32 bits per heavy atom. The molecule has 1 aromatic rings. The Hall–Kier alpha value is -0.940. The number of hydrogen-bond donors (Lipinski definition) is 1. The summed E-state index contributed by atoms with van der Waals surface area (Å²) in [5, 5.41) is 0. The molecule has 0 radical (unpaired) electrons. The van der Waals surface area contributed by atoms with Gasteiger partial charge >= 0.3 is 7.60 Å². The molecule has 0 saturated heterocycles. The summed E-state index contributed by atoms with van der Waals surface area (Å²) in [5.74, 6) is -1.81. The SMILES string of the molecule is CCOP(=O)(OCC)[C@H](N)c1cccc(OC)c1F. The van der Waals surface area contributed by atoms with Crippen LogP contribution in [0.15, 0.2) is 18.2 Å². The second-order valence-electron chi connectivity index (χ2n) is 3.68.